The fourth-order valence-electron chi connectivity index (χ4n) is 5.90. The Labute approximate surface area is 153 Å². The summed E-state index contributed by atoms with van der Waals surface area (Å²) in [6.07, 6.45) is 6.85. The SMILES string of the molecule is C[C@H](OC(=O)CC12CC3CC(CC(C3)C1)C2)C(=O)Nc1ccccc1F. The molecule has 4 fully saturated rings. The van der Waals surface area contributed by atoms with Gasteiger partial charge in [0.1, 0.15) is 5.82 Å². The molecule has 4 bridgehead atoms. The molecule has 0 radical (unpaired) electrons. The van der Waals surface area contributed by atoms with Crippen LogP contribution >= 0.6 is 0 Å². The summed E-state index contributed by atoms with van der Waals surface area (Å²) in [5.41, 5.74) is 0.189. The number of benzene rings is 1. The van der Waals surface area contributed by atoms with Crippen molar-refractivity contribution < 1.29 is 18.7 Å². The molecule has 0 saturated heterocycles. The topological polar surface area (TPSA) is 55.4 Å². The number of amides is 1. The molecule has 26 heavy (non-hydrogen) atoms. The number of ether oxygens (including phenoxy) is 1. The Morgan fingerprint density at radius 1 is 1.15 bits per heavy atom. The number of anilines is 1. The zero-order valence-corrected chi connectivity index (χ0v) is 15.2. The zero-order chi connectivity index (χ0) is 18.3. The third-order valence-corrected chi connectivity index (χ3v) is 6.49. The van der Waals surface area contributed by atoms with Crippen molar-refractivity contribution in [2.45, 2.75) is 58.0 Å². The van der Waals surface area contributed by atoms with Gasteiger partial charge in [0, 0.05) is 0 Å². The van der Waals surface area contributed by atoms with Gasteiger partial charge in [0.05, 0.1) is 12.1 Å². The third kappa shape index (κ3) is 3.49. The normalized spacial score (nSPS) is 32.9. The number of carbonyl (C=O) groups is 2. The van der Waals surface area contributed by atoms with E-state index in [1.807, 2.05) is 0 Å². The molecule has 4 nitrogen and oxygen atoms in total. The van der Waals surface area contributed by atoms with Crippen LogP contribution in [-0.2, 0) is 14.3 Å². The summed E-state index contributed by atoms with van der Waals surface area (Å²) in [6.45, 7) is 1.54. The number of hydrogen-bond donors (Lipinski definition) is 1. The molecule has 0 aromatic heterocycles. The highest BCUT2D eigenvalue weighted by Gasteiger charge is 2.51. The Balaban J connectivity index is 1.33. The van der Waals surface area contributed by atoms with Crippen molar-refractivity contribution in [3.8, 4) is 0 Å². The smallest absolute Gasteiger partial charge is 0.307 e. The molecule has 4 aliphatic carbocycles. The second-order valence-corrected chi connectivity index (χ2v) is 8.70. The van der Waals surface area contributed by atoms with Crippen LogP contribution < -0.4 is 5.32 Å². The lowest BCUT2D eigenvalue weighted by atomic mass is 9.49. The number of carbonyl (C=O) groups excluding carboxylic acids is 2. The molecule has 0 heterocycles. The predicted octanol–water partition coefficient (Wildman–Crippen LogP) is 4.30. The maximum absolute atomic E-state index is 13.6. The van der Waals surface area contributed by atoms with Gasteiger partial charge < -0.3 is 10.1 Å². The highest BCUT2D eigenvalue weighted by Crippen LogP contribution is 2.61. The molecule has 1 N–H and O–H groups in total. The number of halogens is 1. The predicted molar refractivity (Wildman–Crippen MR) is 95.8 cm³/mol. The maximum Gasteiger partial charge on any atom is 0.307 e. The first-order chi connectivity index (χ1) is 12.4. The van der Waals surface area contributed by atoms with Crippen LogP contribution in [0.2, 0.25) is 0 Å². The van der Waals surface area contributed by atoms with Gasteiger partial charge in [-0.25, -0.2) is 4.39 Å². The van der Waals surface area contributed by atoms with Gasteiger partial charge in [-0.2, -0.15) is 0 Å². The van der Waals surface area contributed by atoms with E-state index in [4.69, 9.17) is 4.74 Å². The van der Waals surface area contributed by atoms with E-state index in [1.165, 1.54) is 38.3 Å². The minimum Gasteiger partial charge on any atom is -0.453 e. The van der Waals surface area contributed by atoms with Gasteiger partial charge in [0.15, 0.2) is 6.10 Å². The lowest BCUT2D eigenvalue weighted by Gasteiger charge is -2.56. The van der Waals surface area contributed by atoms with Crippen molar-refractivity contribution in [3.63, 3.8) is 0 Å². The summed E-state index contributed by atoms with van der Waals surface area (Å²) in [4.78, 5) is 24.7. The molecule has 0 unspecified atom stereocenters. The monoisotopic (exact) mass is 359 g/mol. The van der Waals surface area contributed by atoms with Gasteiger partial charge in [-0.3, -0.25) is 9.59 Å². The van der Waals surface area contributed by atoms with Crippen molar-refractivity contribution in [2.24, 2.45) is 23.2 Å². The minimum absolute atomic E-state index is 0.0908. The molecule has 1 atom stereocenters. The molecule has 0 spiro atoms. The van der Waals surface area contributed by atoms with E-state index in [1.54, 1.807) is 12.1 Å². The van der Waals surface area contributed by atoms with Crippen LogP contribution in [0.15, 0.2) is 24.3 Å². The molecule has 4 saturated carbocycles. The van der Waals surface area contributed by atoms with Gasteiger partial charge in [0.2, 0.25) is 0 Å². The fourth-order valence-corrected chi connectivity index (χ4v) is 5.90. The summed E-state index contributed by atoms with van der Waals surface area (Å²) in [7, 11) is 0. The van der Waals surface area contributed by atoms with E-state index in [0.29, 0.717) is 6.42 Å². The van der Waals surface area contributed by atoms with Crippen LogP contribution in [0.5, 0.6) is 0 Å². The molecular weight excluding hydrogens is 333 g/mol. The number of hydrogen-bond acceptors (Lipinski definition) is 3. The Bertz CT molecular complexity index is 682. The van der Waals surface area contributed by atoms with Crippen molar-refractivity contribution in [1.29, 1.82) is 0 Å². The second-order valence-electron chi connectivity index (χ2n) is 8.70. The van der Waals surface area contributed by atoms with E-state index in [2.05, 4.69) is 5.32 Å². The quantitative estimate of drug-likeness (QED) is 0.798. The van der Waals surface area contributed by atoms with E-state index in [-0.39, 0.29) is 17.1 Å². The molecule has 5 heteroatoms. The average molecular weight is 359 g/mol. The number of para-hydroxylation sites is 1. The first-order valence-electron chi connectivity index (χ1n) is 9.67. The molecule has 1 aromatic rings. The minimum atomic E-state index is -0.934. The number of esters is 1. The molecule has 1 amide bonds. The summed E-state index contributed by atoms with van der Waals surface area (Å²) >= 11 is 0. The van der Waals surface area contributed by atoms with Gasteiger partial charge >= 0.3 is 5.97 Å². The number of nitrogens with one attached hydrogen (secondary N) is 1. The van der Waals surface area contributed by atoms with Crippen LogP contribution in [0.3, 0.4) is 0 Å². The standard InChI is InChI=1S/C21H26FNO3/c1-13(20(25)23-18-5-3-2-4-17(18)22)26-19(24)12-21-9-14-6-15(10-21)8-16(7-14)11-21/h2-5,13-16H,6-12H2,1H3,(H,23,25)/t13-,14?,15?,16?,21?/m0/s1. The van der Waals surface area contributed by atoms with Crippen molar-refractivity contribution in [3.05, 3.63) is 30.1 Å². The van der Waals surface area contributed by atoms with Crippen molar-refractivity contribution in [1.82, 2.24) is 0 Å². The lowest BCUT2D eigenvalue weighted by molar-refractivity contribution is -0.160. The second kappa shape index (κ2) is 6.67. The van der Waals surface area contributed by atoms with Gasteiger partial charge in [-0.15, -0.1) is 0 Å². The Hall–Kier alpha value is -1.91. The van der Waals surface area contributed by atoms with Crippen LogP contribution in [0.1, 0.15) is 51.9 Å². The summed E-state index contributed by atoms with van der Waals surface area (Å²) in [5.74, 6) is 1.01. The van der Waals surface area contributed by atoms with Crippen LogP contribution in [0.4, 0.5) is 10.1 Å². The summed E-state index contributed by atoms with van der Waals surface area (Å²) in [6, 6.07) is 5.96. The van der Waals surface area contributed by atoms with Crippen LogP contribution in [-0.4, -0.2) is 18.0 Å². The third-order valence-electron chi connectivity index (χ3n) is 6.49. The molecule has 4 aliphatic rings. The molecular formula is C21H26FNO3. The van der Waals surface area contributed by atoms with Crippen LogP contribution in [0, 0.1) is 29.0 Å². The average Bonchev–Trinajstić information content (AvgIpc) is 2.54. The zero-order valence-electron chi connectivity index (χ0n) is 15.2. The Kier molecular flexibility index (Phi) is 4.49. The summed E-state index contributed by atoms with van der Waals surface area (Å²) in [5, 5.41) is 2.48. The Morgan fingerprint density at radius 2 is 1.73 bits per heavy atom. The fraction of sp³-hybridized carbons (Fsp3) is 0.619. The van der Waals surface area contributed by atoms with E-state index in [0.717, 1.165) is 37.0 Å². The van der Waals surface area contributed by atoms with Crippen molar-refractivity contribution in [2.75, 3.05) is 5.32 Å². The number of rotatable bonds is 5. The lowest BCUT2D eigenvalue weighted by Crippen LogP contribution is -2.47. The first kappa shape index (κ1) is 17.5. The van der Waals surface area contributed by atoms with E-state index < -0.39 is 17.8 Å². The summed E-state index contributed by atoms with van der Waals surface area (Å²) < 4.78 is 19.0. The first-order valence-corrected chi connectivity index (χ1v) is 9.67. The Morgan fingerprint density at radius 3 is 2.31 bits per heavy atom. The molecule has 0 aliphatic heterocycles. The van der Waals surface area contributed by atoms with Gasteiger partial charge in [-0.05, 0) is 80.8 Å². The highest BCUT2D eigenvalue weighted by atomic mass is 19.1. The van der Waals surface area contributed by atoms with Gasteiger partial charge in [0.25, 0.3) is 5.91 Å². The van der Waals surface area contributed by atoms with E-state index in [9.17, 15) is 14.0 Å². The molecule has 1 aromatic carbocycles. The van der Waals surface area contributed by atoms with Gasteiger partial charge in [-0.1, -0.05) is 12.1 Å². The molecule has 140 valence electrons. The van der Waals surface area contributed by atoms with E-state index >= 15 is 0 Å². The van der Waals surface area contributed by atoms with Crippen molar-refractivity contribution >= 4 is 17.6 Å². The largest absolute Gasteiger partial charge is 0.453 e. The molecule has 5 rings (SSSR count). The highest BCUT2D eigenvalue weighted by molar-refractivity contribution is 5.95. The van der Waals surface area contributed by atoms with Crippen LogP contribution in [0.25, 0.3) is 0 Å². The maximum atomic E-state index is 13.6.